The normalized spacial score (nSPS) is 11.6. The van der Waals surface area contributed by atoms with Crippen molar-refractivity contribution in [2.75, 3.05) is 5.73 Å². The number of nitrogens with zero attached hydrogens (tertiary/aromatic N) is 1. The van der Waals surface area contributed by atoms with Crippen LogP contribution in [-0.4, -0.2) is 4.98 Å². The van der Waals surface area contributed by atoms with Crippen LogP contribution < -0.4 is 5.73 Å². The van der Waals surface area contributed by atoms with E-state index < -0.39 is 34.5 Å². The second-order valence-electron chi connectivity index (χ2n) is 3.75. The Bertz CT molecular complexity index is 622. The van der Waals surface area contributed by atoms with Gasteiger partial charge in [-0.2, -0.15) is 13.2 Å². The minimum Gasteiger partial charge on any atom is -0.384 e. The van der Waals surface area contributed by atoms with Crippen LogP contribution in [-0.2, 0) is 6.18 Å². The van der Waals surface area contributed by atoms with Crippen LogP contribution in [0.25, 0.3) is 11.1 Å². The number of anilines is 1. The molecule has 2 nitrogen and oxygen atoms in total. The van der Waals surface area contributed by atoms with Gasteiger partial charge in [-0.3, -0.25) is 0 Å². The lowest BCUT2D eigenvalue weighted by Crippen LogP contribution is -2.09. The average Bonchev–Trinajstić information content (AvgIpc) is 2.32. The fourth-order valence-corrected chi connectivity index (χ4v) is 1.63. The number of alkyl halides is 3. The molecule has 100 valence electrons. The molecule has 0 fully saturated rings. The molecule has 0 spiro atoms. The Kier molecular flexibility index (Phi) is 3.13. The van der Waals surface area contributed by atoms with Crippen molar-refractivity contribution in [1.82, 2.24) is 4.98 Å². The van der Waals surface area contributed by atoms with Gasteiger partial charge in [-0.15, -0.1) is 0 Å². The molecule has 0 radical (unpaired) electrons. The number of aromatic nitrogens is 1. The molecule has 0 saturated carbocycles. The maximum absolute atomic E-state index is 13.6. The molecule has 7 heteroatoms. The summed E-state index contributed by atoms with van der Waals surface area (Å²) in [6.07, 6.45) is -3.97. The van der Waals surface area contributed by atoms with Gasteiger partial charge in [0, 0.05) is 17.3 Å². The molecule has 1 aromatic carbocycles. The van der Waals surface area contributed by atoms with Gasteiger partial charge in [0.2, 0.25) is 0 Å². The molecule has 2 rings (SSSR count). The first kappa shape index (κ1) is 13.3. The quantitative estimate of drug-likeness (QED) is 0.806. The van der Waals surface area contributed by atoms with Crippen molar-refractivity contribution < 1.29 is 22.0 Å². The van der Waals surface area contributed by atoms with Crippen molar-refractivity contribution in [3.63, 3.8) is 0 Å². The second kappa shape index (κ2) is 4.49. The predicted octanol–water partition coefficient (Wildman–Crippen LogP) is 3.63. The highest BCUT2D eigenvalue weighted by Crippen LogP contribution is 2.38. The smallest absolute Gasteiger partial charge is 0.384 e. The monoisotopic (exact) mass is 274 g/mol. The van der Waals surface area contributed by atoms with Gasteiger partial charge in [0.25, 0.3) is 0 Å². The largest absolute Gasteiger partial charge is 0.417 e. The molecule has 0 amide bonds. The molecule has 0 saturated heterocycles. The van der Waals surface area contributed by atoms with E-state index in [1.807, 2.05) is 0 Å². The van der Waals surface area contributed by atoms with Crippen molar-refractivity contribution in [3.8, 4) is 11.1 Å². The molecule has 1 aromatic heterocycles. The highest BCUT2D eigenvalue weighted by Gasteiger charge is 2.35. The van der Waals surface area contributed by atoms with E-state index >= 15 is 0 Å². The summed E-state index contributed by atoms with van der Waals surface area (Å²) >= 11 is 0. The van der Waals surface area contributed by atoms with E-state index in [0.29, 0.717) is 6.07 Å². The SMILES string of the molecule is Nc1cc(C(F)(F)F)c(-c2cccc(F)c2F)cn1. The molecule has 0 aliphatic heterocycles. The molecule has 2 N–H and O–H groups in total. The van der Waals surface area contributed by atoms with E-state index in [0.717, 1.165) is 24.4 Å². The number of hydrogen-bond acceptors (Lipinski definition) is 2. The Morgan fingerprint density at radius 2 is 1.74 bits per heavy atom. The summed E-state index contributed by atoms with van der Waals surface area (Å²) in [5.41, 5.74) is 2.96. The van der Waals surface area contributed by atoms with Crippen molar-refractivity contribution >= 4 is 5.82 Å². The van der Waals surface area contributed by atoms with E-state index in [-0.39, 0.29) is 5.82 Å². The number of pyridine rings is 1. The number of hydrogen-bond donors (Lipinski definition) is 1. The van der Waals surface area contributed by atoms with Crippen LogP contribution in [0.2, 0.25) is 0 Å². The van der Waals surface area contributed by atoms with Gasteiger partial charge in [0.15, 0.2) is 11.6 Å². The number of rotatable bonds is 1. The van der Waals surface area contributed by atoms with Gasteiger partial charge in [-0.1, -0.05) is 12.1 Å². The van der Waals surface area contributed by atoms with Crippen LogP contribution in [0.5, 0.6) is 0 Å². The summed E-state index contributed by atoms with van der Waals surface area (Å²) < 4.78 is 65.2. The molecule has 0 aliphatic rings. The minimum atomic E-state index is -4.74. The van der Waals surface area contributed by atoms with Crippen LogP contribution in [0.15, 0.2) is 30.5 Å². The highest BCUT2D eigenvalue weighted by molar-refractivity contribution is 5.69. The average molecular weight is 274 g/mol. The van der Waals surface area contributed by atoms with E-state index in [9.17, 15) is 22.0 Å². The van der Waals surface area contributed by atoms with Crippen molar-refractivity contribution in [1.29, 1.82) is 0 Å². The molecule has 0 atom stereocenters. The molecule has 19 heavy (non-hydrogen) atoms. The van der Waals surface area contributed by atoms with Crippen molar-refractivity contribution in [3.05, 3.63) is 47.7 Å². The van der Waals surface area contributed by atoms with Crippen LogP contribution in [0.4, 0.5) is 27.8 Å². The molecule has 1 heterocycles. The summed E-state index contributed by atoms with van der Waals surface area (Å²) in [4.78, 5) is 3.49. The predicted molar refractivity (Wildman–Crippen MR) is 59.0 cm³/mol. The molecular weight excluding hydrogens is 267 g/mol. The molecule has 2 aromatic rings. The molecule has 0 bridgehead atoms. The summed E-state index contributed by atoms with van der Waals surface area (Å²) in [6, 6.07) is 3.56. The first-order valence-electron chi connectivity index (χ1n) is 5.08. The van der Waals surface area contributed by atoms with Crippen LogP contribution >= 0.6 is 0 Å². The van der Waals surface area contributed by atoms with E-state index in [2.05, 4.69) is 4.98 Å². The van der Waals surface area contributed by atoms with Crippen LogP contribution in [0.3, 0.4) is 0 Å². The number of halogens is 5. The zero-order valence-electron chi connectivity index (χ0n) is 9.30. The first-order valence-corrected chi connectivity index (χ1v) is 5.08. The second-order valence-corrected chi connectivity index (χ2v) is 3.75. The highest BCUT2D eigenvalue weighted by atomic mass is 19.4. The first-order chi connectivity index (χ1) is 8.80. The van der Waals surface area contributed by atoms with Crippen molar-refractivity contribution in [2.45, 2.75) is 6.18 Å². The van der Waals surface area contributed by atoms with Gasteiger partial charge < -0.3 is 5.73 Å². The van der Waals surface area contributed by atoms with Crippen LogP contribution in [0.1, 0.15) is 5.56 Å². The Balaban J connectivity index is 2.72. The summed E-state index contributed by atoms with van der Waals surface area (Å²) in [7, 11) is 0. The maximum atomic E-state index is 13.6. The number of nitrogens with two attached hydrogens (primary N) is 1. The van der Waals surface area contributed by atoms with Crippen molar-refractivity contribution in [2.24, 2.45) is 0 Å². The summed E-state index contributed by atoms with van der Waals surface area (Å²) in [6.45, 7) is 0. The lowest BCUT2D eigenvalue weighted by molar-refractivity contribution is -0.137. The Morgan fingerprint density at radius 1 is 1.05 bits per heavy atom. The fourth-order valence-electron chi connectivity index (χ4n) is 1.63. The van der Waals surface area contributed by atoms with E-state index in [1.165, 1.54) is 0 Å². The van der Waals surface area contributed by atoms with E-state index in [1.54, 1.807) is 0 Å². The summed E-state index contributed by atoms with van der Waals surface area (Å²) in [5.74, 6) is -2.95. The van der Waals surface area contributed by atoms with Gasteiger partial charge in [-0.05, 0) is 12.1 Å². The minimum absolute atomic E-state index is 0.354. The topological polar surface area (TPSA) is 38.9 Å². The van der Waals surface area contributed by atoms with Gasteiger partial charge >= 0.3 is 6.18 Å². The van der Waals surface area contributed by atoms with Crippen LogP contribution in [0, 0.1) is 11.6 Å². The zero-order chi connectivity index (χ0) is 14.2. The van der Waals surface area contributed by atoms with Gasteiger partial charge in [0.05, 0.1) is 5.56 Å². The maximum Gasteiger partial charge on any atom is 0.417 e. The summed E-state index contributed by atoms with van der Waals surface area (Å²) in [5, 5.41) is 0. The molecular formula is C12H7F5N2. The lowest BCUT2D eigenvalue weighted by atomic mass is 10.0. The lowest BCUT2D eigenvalue weighted by Gasteiger charge is -2.13. The molecule has 0 aliphatic carbocycles. The standard InChI is InChI=1S/C12H7F5N2/c13-9-3-1-2-6(11(9)14)7-5-19-10(18)4-8(7)12(15,16)17/h1-5H,(H2,18,19). The number of benzene rings is 1. The Morgan fingerprint density at radius 3 is 2.37 bits per heavy atom. The third kappa shape index (κ3) is 2.49. The molecule has 0 unspecified atom stereocenters. The Hall–Kier alpha value is -2.18. The number of nitrogen functional groups attached to an aromatic ring is 1. The van der Waals surface area contributed by atoms with E-state index in [4.69, 9.17) is 5.73 Å². The zero-order valence-corrected chi connectivity index (χ0v) is 9.30. The van der Waals surface area contributed by atoms with Gasteiger partial charge in [0.1, 0.15) is 5.82 Å². The fraction of sp³-hybridized carbons (Fsp3) is 0.0833. The Labute approximate surface area is 104 Å². The van der Waals surface area contributed by atoms with Gasteiger partial charge in [-0.25, -0.2) is 13.8 Å². The third-order valence-corrected chi connectivity index (χ3v) is 2.47. The third-order valence-electron chi connectivity index (χ3n) is 2.47.